The van der Waals surface area contributed by atoms with E-state index in [9.17, 15) is 0 Å². The number of hydrogen-bond acceptors (Lipinski definition) is 4. The quantitative estimate of drug-likeness (QED) is 0.802. The minimum atomic E-state index is 0.0859. The molecule has 3 N–H and O–H groups in total. The Morgan fingerprint density at radius 1 is 1.67 bits per heavy atom. The lowest BCUT2D eigenvalue weighted by molar-refractivity contribution is 0.238. The molecule has 1 saturated carbocycles. The number of hydrogen-bond donors (Lipinski definition) is 2. The van der Waals surface area contributed by atoms with Crippen molar-refractivity contribution in [2.75, 3.05) is 13.1 Å². The van der Waals surface area contributed by atoms with Crippen LogP contribution >= 0.6 is 11.3 Å². The van der Waals surface area contributed by atoms with Crippen molar-refractivity contribution < 1.29 is 0 Å². The summed E-state index contributed by atoms with van der Waals surface area (Å²) in [5.41, 5.74) is 6.22. The molecule has 1 aromatic heterocycles. The van der Waals surface area contributed by atoms with Crippen LogP contribution in [-0.2, 0) is 0 Å². The van der Waals surface area contributed by atoms with E-state index in [1.807, 2.05) is 11.6 Å². The molecule has 1 aliphatic carbocycles. The third-order valence-corrected chi connectivity index (χ3v) is 4.16. The Morgan fingerprint density at radius 3 is 3.00 bits per heavy atom. The molecular weight excluding hydrogens is 206 g/mol. The maximum atomic E-state index is 6.13. The molecule has 0 saturated heterocycles. The summed E-state index contributed by atoms with van der Waals surface area (Å²) in [7, 11) is 0. The molecule has 4 heteroatoms. The van der Waals surface area contributed by atoms with E-state index in [0.29, 0.717) is 5.92 Å². The molecule has 0 spiro atoms. The summed E-state index contributed by atoms with van der Waals surface area (Å²) in [6.45, 7) is 4.13. The molecular formula is C11H19N3S. The maximum absolute atomic E-state index is 6.13. The third kappa shape index (κ3) is 2.77. The van der Waals surface area contributed by atoms with Gasteiger partial charge in [0, 0.05) is 36.1 Å². The number of rotatable bonds is 5. The van der Waals surface area contributed by atoms with Crippen LogP contribution in [0.25, 0.3) is 0 Å². The Morgan fingerprint density at radius 2 is 2.47 bits per heavy atom. The van der Waals surface area contributed by atoms with Gasteiger partial charge in [-0.25, -0.2) is 4.98 Å². The van der Waals surface area contributed by atoms with Crippen LogP contribution in [0.1, 0.15) is 37.1 Å². The molecule has 2 rings (SSSR count). The second-order valence-corrected chi connectivity index (χ2v) is 5.54. The molecule has 1 aliphatic rings. The molecule has 3 nitrogen and oxygen atoms in total. The monoisotopic (exact) mass is 225 g/mol. The van der Waals surface area contributed by atoms with Crippen LogP contribution in [0.15, 0.2) is 11.6 Å². The van der Waals surface area contributed by atoms with E-state index in [4.69, 9.17) is 5.73 Å². The van der Waals surface area contributed by atoms with E-state index >= 15 is 0 Å². The van der Waals surface area contributed by atoms with Crippen LogP contribution in [0, 0.1) is 0 Å². The van der Waals surface area contributed by atoms with E-state index in [-0.39, 0.29) is 5.54 Å². The lowest BCUT2D eigenvalue weighted by Gasteiger charge is -2.38. The van der Waals surface area contributed by atoms with Crippen molar-refractivity contribution in [1.82, 2.24) is 10.3 Å². The second-order valence-electron chi connectivity index (χ2n) is 4.62. The Bertz CT molecular complexity index is 293. The van der Waals surface area contributed by atoms with Crippen molar-refractivity contribution in [1.29, 1.82) is 0 Å². The van der Waals surface area contributed by atoms with Gasteiger partial charge in [-0.2, -0.15) is 0 Å². The highest BCUT2D eigenvalue weighted by Gasteiger charge is 2.31. The van der Waals surface area contributed by atoms with Gasteiger partial charge in [0.1, 0.15) is 0 Å². The molecule has 84 valence electrons. The number of nitrogens with two attached hydrogens (primary N) is 1. The van der Waals surface area contributed by atoms with Gasteiger partial charge in [0.15, 0.2) is 0 Å². The predicted molar refractivity (Wildman–Crippen MR) is 64.2 cm³/mol. The van der Waals surface area contributed by atoms with Gasteiger partial charge >= 0.3 is 0 Å². The zero-order chi connectivity index (χ0) is 10.7. The first-order valence-electron chi connectivity index (χ1n) is 5.59. The van der Waals surface area contributed by atoms with E-state index < -0.39 is 0 Å². The Hall–Kier alpha value is -0.450. The van der Waals surface area contributed by atoms with E-state index in [1.54, 1.807) is 11.3 Å². The van der Waals surface area contributed by atoms with Crippen LogP contribution in [0.2, 0.25) is 0 Å². The third-order valence-electron chi connectivity index (χ3n) is 3.15. The topological polar surface area (TPSA) is 50.9 Å². The zero-order valence-electron chi connectivity index (χ0n) is 9.20. The summed E-state index contributed by atoms with van der Waals surface area (Å²) in [6, 6.07) is 0. The molecule has 0 aliphatic heterocycles. The van der Waals surface area contributed by atoms with Crippen molar-refractivity contribution in [3.05, 3.63) is 16.6 Å². The summed E-state index contributed by atoms with van der Waals surface area (Å²) >= 11 is 1.73. The Labute approximate surface area is 95.1 Å². The largest absolute Gasteiger partial charge is 0.324 e. The maximum Gasteiger partial charge on any atom is 0.0965 e. The van der Waals surface area contributed by atoms with E-state index in [1.165, 1.54) is 24.3 Å². The number of aromatic nitrogens is 1. The van der Waals surface area contributed by atoms with Gasteiger partial charge in [-0.15, -0.1) is 11.3 Å². The predicted octanol–water partition coefficient (Wildman–Crippen LogP) is 1.72. The van der Waals surface area contributed by atoms with Gasteiger partial charge in [-0.1, -0.05) is 6.92 Å². The molecule has 1 heterocycles. The first-order chi connectivity index (χ1) is 7.20. The SMILES string of the molecule is CC(CNCC1(N)CCC1)c1nccs1. The van der Waals surface area contributed by atoms with Crippen molar-refractivity contribution >= 4 is 11.3 Å². The van der Waals surface area contributed by atoms with Crippen LogP contribution in [-0.4, -0.2) is 23.6 Å². The molecule has 0 bridgehead atoms. The summed E-state index contributed by atoms with van der Waals surface area (Å²) < 4.78 is 0. The smallest absolute Gasteiger partial charge is 0.0965 e. The minimum Gasteiger partial charge on any atom is -0.324 e. The number of nitrogens with zero attached hydrogens (tertiary/aromatic N) is 1. The van der Waals surface area contributed by atoms with Crippen molar-refractivity contribution in [2.24, 2.45) is 5.73 Å². The number of nitrogens with one attached hydrogen (secondary N) is 1. The van der Waals surface area contributed by atoms with E-state index in [2.05, 4.69) is 17.2 Å². The lowest BCUT2D eigenvalue weighted by Crippen LogP contribution is -2.54. The molecule has 0 aromatic carbocycles. The fourth-order valence-electron chi connectivity index (χ4n) is 1.91. The first kappa shape index (κ1) is 11.0. The van der Waals surface area contributed by atoms with Gasteiger partial charge in [0.25, 0.3) is 0 Å². The van der Waals surface area contributed by atoms with Crippen molar-refractivity contribution in [3.8, 4) is 0 Å². The van der Waals surface area contributed by atoms with Crippen LogP contribution in [0.4, 0.5) is 0 Å². The zero-order valence-corrected chi connectivity index (χ0v) is 10.0. The molecule has 0 radical (unpaired) electrons. The molecule has 1 aromatic rings. The molecule has 1 unspecified atom stereocenters. The summed E-state index contributed by atoms with van der Waals surface area (Å²) in [6.07, 6.45) is 5.50. The lowest BCUT2D eigenvalue weighted by atomic mass is 9.78. The summed E-state index contributed by atoms with van der Waals surface area (Å²) in [4.78, 5) is 4.31. The summed E-state index contributed by atoms with van der Waals surface area (Å²) in [5.74, 6) is 0.494. The molecule has 0 amide bonds. The van der Waals surface area contributed by atoms with Crippen molar-refractivity contribution in [3.63, 3.8) is 0 Å². The van der Waals surface area contributed by atoms with Gasteiger partial charge in [0.2, 0.25) is 0 Å². The minimum absolute atomic E-state index is 0.0859. The van der Waals surface area contributed by atoms with Crippen molar-refractivity contribution in [2.45, 2.75) is 37.6 Å². The fraction of sp³-hybridized carbons (Fsp3) is 0.727. The normalized spacial score (nSPS) is 20.9. The van der Waals surface area contributed by atoms with Gasteiger partial charge in [-0.05, 0) is 19.3 Å². The second kappa shape index (κ2) is 4.60. The van der Waals surface area contributed by atoms with E-state index in [0.717, 1.165) is 13.1 Å². The van der Waals surface area contributed by atoms with Gasteiger partial charge in [-0.3, -0.25) is 0 Å². The Balaban J connectivity index is 1.69. The average Bonchev–Trinajstić information content (AvgIpc) is 2.67. The average molecular weight is 225 g/mol. The van der Waals surface area contributed by atoms with Crippen LogP contribution < -0.4 is 11.1 Å². The standard InChI is InChI=1S/C11H19N3S/c1-9(10-14-5-6-15-10)7-13-8-11(12)3-2-4-11/h5-6,9,13H,2-4,7-8,12H2,1H3. The molecule has 15 heavy (non-hydrogen) atoms. The molecule has 1 fully saturated rings. The van der Waals surface area contributed by atoms with Crippen LogP contribution in [0.3, 0.4) is 0 Å². The summed E-state index contributed by atoms with van der Waals surface area (Å²) in [5, 5.41) is 6.70. The van der Waals surface area contributed by atoms with Crippen LogP contribution in [0.5, 0.6) is 0 Å². The first-order valence-corrected chi connectivity index (χ1v) is 6.47. The Kier molecular flexibility index (Phi) is 3.38. The highest BCUT2D eigenvalue weighted by Crippen LogP contribution is 2.28. The highest BCUT2D eigenvalue weighted by atomic mass is 32.1. The number of thiazole rings is 1. The molecule has 1 atom stereocenters. The fourth-order valence-corrected chi connectivity index (χ4v) is 2.61. The van der Waals surface area contributed by atoms with Gasteiger partial charge < -0.3 is 11.1 Å². The highest BCUT2D eigenvalue weighted by molar-refractivity contribution is 7.09. The van der Waals surface area contributed by atoms with Gasteiger partial charge in [0.05, 0.1) is 5.01 Å².